The number of hydrogen-bond donors (Lipinski definition) is 1. The topological polar surface area (TPSA) is 29.9 Å². The van der Waals surface area contributed by atoms with E-state index in [-0.39, 0.29) is 5.82 Å². The van der Waals surface area contributed by atoms with Crippen molar-refractivity contribution >= 4 is 0 Å². The van der Waals surface area contributed by atoms with Gasteiger partial charge in [0, 0.05) is 13.6 Å². The van der Waals surface area contributed by atoms with Crippen LogP contribution in [0.3, 0.4) is 0 Å². The molecule has 0 aliphatic rings. The highest BCUT2D eigenvalue weighted by Gasteiger charge is 2.03. The molecule has 3 nitrogen and oxygen atoms in total. The Morgan fingerprint density at radius 3 is 2.84 bits per heavy atom. The number of rotatable bonds is 6. The molecule has 0 amide bonds. The van der Waals surface area contributed by atoms with Crippen molar-refractivity contribution in [1.29, 1.82) is 0 Å². The summed E-state index contributed by atoms with van der Waals surface area (Å²) in [5, 5.41) is 7.77. The summed E-state index contributed by atoms with van der Waals surface area (Å²) in [6, 6.07) is 8.87. The van der Waals surface area contributed by atoms with E-state index in [4.69, 9.17) is 0 Å². The van der Waals surface area contributed by atoms with Gasteiger partial charge in [0.15, 0.2) is 0 Å². The van der Waals surface area contributed by atoms with E-state index in [1.165, 1.54) is 11.8 Å². The van der Waals surface area contributed by atoms with Crippen molar-refractivity contribution in [2.24, 2.45) is 7.05 Å². The third kappa shape index (κ3) is 3.89. The van der Waals surface area contributed by atoms with E-state index < -0.39 is 0 Å². The van der Waals surface area contributed by atoms with Gasteiger partial charge in [0.05, 0.1) is 11.4 Å². The fraction of sp³-hybridized carbons (Fsp3) is 0.400. The predicted molar refractivity (Wildman–Crippen MR) is 74.4 cm³/mol. The Morgan fingerprint density at radius 1 is 1.32 bits per heavy atom. The molecule has 19 heavy (non-hydrogen) atoms. The third-order valence-corrected chi connectivity index (χ3v) is 3.18. The van der Waals surface area contributed by atoms with Gasteiger partial charge in [-0.15, -0.1) is 0 Å². The molecular formula is C15H20FN3. The Balaban J connectivity index is 1.79. The van der Waals surface area contributed by atoms with E-state index in [2.05, 4.69) is 23.4 Å². The molecule has 1 aromatic heterocycles. The molecule has 0 aliphatic heterocycles. The average molecular weight is 261 g/mol. The van der Waals surface area contributed by atoms with Gasteiger partial charge in [0.25, 0.3) is 0 Å². The maximum Gasteiger partial charge on any atom is 0.123 e. The fourth-order valence-electron chi connectivity index (χ4n) is 2.05. The zero-order valence-electron chi connectivity index (χ0n) is 11.5. The molecular weight excluding hydrogens is 241 g/mol. The third-order valence-electron chi connectivity index (χ3n) is 3.18. The first-order valence-electron chi connectivity index (χ1n) is 6.66. The van der Waals surface area contributed by atoms with Crippen LogP contribution in [0.5, 0.6) is 0 Å². The normalized spacial score (nSPS) is 10.9. The zero-order chi connectivity index (χ0) is 13.7. The molecule has 0 spiro atoms. The second kappa shape index (κ2) is 6.48. The van der Waals surface area contributed by atoms with Crippen molar-refractivity contribution in [2.75, 3.05) is 6.54 Å². The van der Waals surface area contributed by atoms with E-state index >= 15 is 0 Å². The molecule has 0 saturated carbocycles. The molecule has 0 unspecified atom stereocenters. The smallest absolute Gasteiger partial charge is 0.123 e. The number of aromatic nitrogens is 2. The molecule has 2 aromatic rings. The lowest BCUT2D eigenvalue weighted by atomic mass is 10.1. The quantitative estimate of drug-likeness (QED) is 0.810. The molecule has 0 bridgehead atoms. The highest BCUT2D eigenvalue weighted by molar-refractivity contribution is 5.16. The van der Waals surface area contributed by atoms with Crippen molar-refractivity contribution in [3.05, 3.63) is 53.1 Å². The summed E-state index contributed by atoms with van der Waals surface area (Å²) in [5.74, 6) is -0.170. The average Bonchev–Trinajstić information content (AvgIpc) is 2.76. The summed E-state index contributed by atoms with van der Waals surface area (Å²) in [4.78, 5) is 0. The van der Waals surface area contributed by atoms with Crippen molar-refractivity contribution < 1.29 is 4.39 Å². The first-order chi connectivity index (χ1) is 9.19. The molecule has 0 saturated heterocycles. The molecule has 1 heterocycles. The van der Waals surface area contributed by atoms with Gasteiger partial charge in [0.1, 0.15) is 5.82 Å². The number of nitrogens with one attached hydrogen (secondary N) is 1. The summed E-state index contributed by atoms with van der Waals surface area (Å²) >= 11 is 0. The van der Waals surface area contributed by atoms with Crippen LogP contribution in [-0.2, 0) is 26.4 Å². The van der Waals surface area contributed by atoms with Crippen LogP contribution >= 0.6 is 0 Å². The number of aryl methyl sites for hydroxylation is 2. The minimum atomic E-state index is -0.170. The molecule has 0 atom stereocenters. The summed E-state index contributed by atoms with van der Waals surface area (Å²) in [5.41, 5.74) is 3.31. The molecule has 1 N–H and O–H groups in total. The molecule has 0 radical (unpaired) electrons. The van der Waals surface area contributed by atoms with E-state index in [1.54, 1.807) is 12.1 Å². The second-order valence-corrected chi connectivity index (χ2v) is 4.66. The summed E-state index contributed by atoms with van der Waals surface area (Å²) < 4.78 is 14.9. The molecule has 0 aliphatic carbocycles. The van der Waals surface area contributed by atoms with Gasteiger partial charge in [-0.3, -0.25) is 4.68 Å². The summed E-state index contributed by atoms with van der Waals surface area (Å²) in [6.07, 6.45) is 1.79. The van der Waals surface area contributed by atoms with E-state index in [9.17, 15) is 4.39 Å². The summed E-state index contributed by atoms with van der Waals surface area (Å²) in [6.45, 7) is 3.72. The molecule has 2 rings (SSSR count). The van der Waals surface area contributed by atoms with Gasteiger partial charge >= 0.3 is 0 Å². The summed E-state index contributed by atoms with van der Waals surface area (Å²) in [7, 11) is 1.96. The lowest BCUT2D eigenvalue weighted by molar-refractivity contribution is 0.613. The van der Waals surface area contributed by atoms with Crippen molar-refractivity contribution in [3.63, 3.8) is 0 Å². The van der Waals surface area contributed by atoms with Crippen LogP contribution in [-0.4, -0.2) is 16.3 Å². The minimum Gasteiger partial charge on any atom is -0.311 e. The largest absolute Gasteiger partial charge is 0.311 e. The molecule has 1 aromatic carbocycles. The molecule has 0 fully saturated rings. The number of nitrogens with zero attached hydrogens (tertiary/aromatic N) is 2. The van der Waals surface area contributed by atoms with Crippen molar-refractivity contribution in [2.45, 2.75) is 26.3 Å². The van der Waals surface area contributed by atoms with Gasteiger partial charge in [-0.2, -0.15) is 5.10 Å². The first kappa shape index (κ1) is 13.7. The van der Waals surface area contributed by atoms with Crippen LogP contribution in [0.25, 0.3) is 0 Å². The van der Waals surface area contributed by atoms with Crippen LogP contribution in [0.4, 0.5) is 4.39 Å². The van der Waals surface area contributed by atoms with Gasteiger partial charge in [-0.25, -0.2) is 4.39 Å². The monoisotopic (exact) mass is 261 g/mol. The van der Waals surface area contributed by atoms with Gasteiger partial charge < -0.3 is 5.32 Å². The lowest BCUT2D eigenvalue weighted by Gasteiger charge is -2.05. The van der Waals surface area contributed by atoms with E-state index in [0.29, 0.717) is 0 Å². The van der Waals surface area contributed by atoms with Crippen molar-refractivity contribution in [3.8, 4) is 0 Å². The van der Waals surface area contributed by atoms with Crippen LogP contribution in [0.2, 0.25) is 0 Å². The highest BCUT2D eigenvalue weighted by atomic mass is 19.1. The van der Waals surface area contributed by atoms with Crippen molar-refractivity contribution in [1.82, 2.24) is 15.1 Å². The van der Waals surface area contributed by atoms with Crippen LogP contribution in [0.1, 0.15) is 23.9 Å². The van der Waals surface area contributed by atoms with Gasteiger partial charge in [-0.05, 0) is 43.1 Å². The predicted octanol–water partition coefficient (Wildman–Crippen LogP) is 2.45. The Labute approximate surface area is 113 Å². The van der Waals surface area contributed by atoms with Crippen LogP contribution in [0, 0.1) is 5.82 Å². The number of halogens is 1. The van der Waals surface area contributed by atoms with Crippen LogP contribution < -0.4 is 5.32 Å². The SMILES string of the molecule is CCc1cc(CNCCc2cccc(F)c2)n(C)n1. The van der Waals surface area contributed by atoms with Gasteiger partial charge in [-0.1, -0.05) is 19.1 Å². The Morgan fingerprint density at radius 2 is 2.16 bits per heavy atom. The fourth-order valence-corrected chi connectivity index (χ4v) is 2.05. The molecule has 102 valence electrons. The number of benzene rings is 1. The Kier molecular flexibility index (Phi) is 4.68. The highest BCUT2D eigenvalue weighted by Crippen LogP contribution is 2.05. The van der Waals surface area contributed by atoms with Gasteiger partial charge in [0.2, 0.25) is 0 Å². The Bertz CT molecular complexity index is 534. The Hall–Kier alpha value is -1.68. The number of hydrogen-bond acceptors (Lipinski definition) is 2. The standard InChI is InChI=1S/C15H20FN3/c1-3-14-10-15(19(2)18-14)11-17-8-7-12-5-4-6-13(16)9-12/h4-6,9-10,17H,3,7-8,11H2,1-2H3. The van der Waals surface area contributed by atoms with E-state index in [1.807, 2.05) is 17.8 Å². The lowest BCUT2D eigenvalue weighted by Crippen LogP contribution is -2.18. The zero-order valence-corrected chi connectivity index (χ0v) is 11.5. The molecule has 4 heteroatoms. The van der Waals surface area contributed by atoms with E-state index in [0.717, 1.165) is 37.2 Å². The maximum absolute atomic E-state index is 13.0. The minimum absolute atomic E-state index is 0.170. The first-order valence-corrected chi connectivity index (χ1v) is 6.66. The second-order valence-electron chi connectivity index (χ2n) is 4.66. The van der Waals surface area contributed by atoms with Crippen LogP contribution in [0.15, 0.2) is 30.3 Å². The maximum atomic E-state index is 13.0.